The van der Waals surface area contributed by atoms with E-state index in [1.54, 1.807) is 0 Å². The molecule has 0 unspecified atom stereocenters. The van der Waals surface area contributed by atoms with Gasteiger partial charge in [-0.15, -0.1) is 0 Å². The molecule has 0 aliphatic carbocycles. The minimum Gasteiger partial charge on any atom is -0.494 e. The van der Waals surface area contributed by atoms with Crippen LogP contribution in [0.2, 0.25) is 0 Å². The van der Waals surface area contributed by atoms with Gasteiger partial charge in [0.05, 0.1) is 6.61 Å². The largest absolute Gasteiger partial charge is 0.494 e. The van der Waals surface area contributed by atoms with Crippen LogP contribution in [0.5, 0.6) is 5.75 Å². The molecule has 0 radical (unpaired) electrons. The van der Waals surface area contributed by atoms with Crippen LogP contribution in [0.3, 0.4) is 0 Å². The fourth-order valence-electron chi connectivity index (χ4n) is 1.55. The lowest BCUT2D eigenvalue weighted by atomic mass is 10.2. The zero-order valence-electron chi connectivity index (χ0n) is 11.1. The highest BCUT2D eigenvalue weighted by molar-refractivity contribution is 5.27. The fraction of sp³-hybridized carbons (Fsp3) is 0.571. The van der Waals surface area contributed by atoms with Gasteiger partial charge in [-0.3, -0.25) is 0 Å². The van der Waals surface area contributed by atoms with Gasteiger partial charge in [-0.1, -0.05) is 26.0 Å². The molecule has 0 spiro atoms. The Morgan fingerprint density at radius 1 is 1.12 bits per heavy atom. The number of hydrogen-bond donors (Lipinski definition) is 2. The van der Waals surface area contributed by atoms with Crippen LogP contribution in [0.15, 0.2) is 24.3 Å². The van der Waals surface area contributed by atoms with Crippen molar-refractivity contribution in [1.82, 2.24) is 10.6 Å². The summed E-state index contributed by atoms with van der Waals surface area (Å²) in [5.74, 6) is 0.942. The molecule has 17 heavy (non-hydrogen) atoms. The lowest BCUT2D eigenvalue weighted by molar-refractivity contribution is 0.340. The van der Waals surface area contributed by atoms with E-state index in [0.29, 0.717) is 6.04 Å². The molecule has 0 aromatic heterocycles. The second-order valence-corrected chi connectivity index (χ2v) is 4.36. The van der Waals surface area contributed by atoms with Crippen molar-refractivity contribution in [1.29, 1.82) is 0 Å². The second kappa shape index (κ2) is 8.09. The zero-order valence-corrected chi connectivity index (χ0v) is 11.1. The van der Waals surface area contributed by atoms with Gasteiger partial charge in [0.1, 0.15) is 5.75 Å². The first-order valence-electron chi connectivity index (χ1n) is 6.38. The maximum Gasteiger partial charge on any atom is 0.119 e. The number of rotatable bonds is 8. The van der Waals surface area contributed by atoms with E-state index >= 15 is 0 Å². The lowest BCUT2D eigenvalue weighted by Gasteiger charge is -2.09. The average Bonchev–Trinajstić information content (AvgIpc) is 2.31. The van der Waals surface area contributed by atoms with Crippen molar-refractivity contribution in [2.45, 2.75) is 33.4 Å². The fourth-order valence-corrected chi connectivity index (χ4v) is 1.55. The van der Waals surface area contributed by atoms with Crippen molar-refractivity contribution in [3.63, 3.8) is 0 Å². The number of nitrogens with one attached hydrogen (secondary N) is 2. The third-order valence-electron chi connectivity index (χ3n) is 2.42. The Kier molecular flexibility index (Phi) is 6.67. The molecule has 0 fully saturated rings. The number of ether oxygens (including phenoxy) is 1. The monoisotopic (exact) mass is 236 g/mol. The van der Waals surface area contributed by atoms with Crippen LogP contribution in [0, 0.1) is 0 Å². The Labute approximate surface area is 105 Å². The Bertz CT molecular complexity index is 296. The van der Waals surface area contributed by atoms with E-state index in [4.69, 9.17) is 4.74 Å². The predicted molar refractivity (Wildman–Crippen MR) is 72.5 cm³/mol. The van der Waals surface area contributed by atoms with Crippen LogP contribution in [0.1, 0.15) is 26.3 Å². The topological polar surface area (TPSA) is 33.3 Å². The van der Waals surface area contributed by atoms with E-state index in [1.807, 2.05) is 19.1 Å². The van der Waals surface area contributed by atoms with E-state index in [-0.39, 0.29) is 0 Å². The standard InChI is InChI=1S/C14H24N2O/c1-4-17-14-7-5-13(6-8-14)11-15-9-10-16-12(2)3/h5-8,12,15-16H,4,9-11H2,1-3H3. The Balaban J connectivity index is 2.18. The molecule has 3 heteroatoms. The van der Waals surface area contributed by atoms with Crippen LogP contribution in [-0.4, -0.2) is 25.7 Å². The molecule has 1 rings (SSSR count). The number of benzene rings is 1. The maximum absolute atomic E-state index is 5.40. The van der Waals surface area contributed by atoms with Gasteiger partial charge in [-0.25, -0.2) is 0 Å². The van der Waals surface area contributed by atoms with Gasteiger partial charge in [-0.05, 0) is 24.6 Å². The number of hydrogen-bond acceptors (Lipinski definition) is 3. The first kappa shape index (κ1) is 14.0. The third-order valence-corrected chi connectivity index (χ3v) is 2.42. The SMILES string of the molecule is CCOc1ccc(CNCCNC(C)C)cc1. The lowest BCUT2D eigenvalue weighted by Crippen LogP contribution is -2.31. The van der Waals surface area contributed by atoms with Crippen LogP contribution in [0.25, 0.3) is 0 Å². The summed E-state index contributed by atoms with van der Waals surface area (Å²) in [5.41, 5.74) is 1.29. The molecule has 1 aromatic rings. The van der Waals surface area contributed by atoms with E-state index < -0.39 is 0 Å². The molecule has 0 heterocycles. The van der Waals surface area contributed by atoms with Crippen molar-refractivity contribution in [3.8, 4) is 5.75 Å². The van der Waals surface area contributed by atoms with Crippen LogP contribution >= 0.6 is 0 Å². The van der Waals surface area contributed by atoms with Gasteiger partial charge in [0.25, 0.3) is 0 Å². The molecular weight excluding hydrogens is 212 g/mol. The summed E-state index contributed by atoms with van der Waals surface area (Å²) in [4.78, 5) is 0. The van der Waals surface area contributed by atoms with Gasteiger partial charge < -0.3 is 15.4 Å². The smallest absolute Gasteiger partial charge is 0.119 e. The van der Waals surface area contributed by atoms with E-state index in [1.165, 1.54) is 5.56 Å². The van der Waals surface area contributed by atoms with Crippen molar-refractivity contribution in [2.24, 2.45) is 0 Å². The van der Waals surface area contributed by atoms with Crippen molar-refractivity contribution in [3.05, 3.63) is 29.8 Å². The van der Waals surface area contributed by atoms with Crippen LogP contribution in [0.4, 0.5) is 0 Å². The van der Waals surface area contributed by atoms with Crippen molar-refractivity contribution in [2.75, 3.05) is 19.7 Å². The quantitative estimate of drug-likeness (QED) is 0.679. The molecule has 1 aromatic carbocycles. The van der Waals surface area contributed by atoms with E-state index in [2.05, 4.69) is 36.6 Å². The predicted octanol–water partition coefficient (Wildman–Crippen LogP) is 2.17. The summed E-state index contributed by atoms with van der Waals surface area (Å²) >= 11 is 0. The average molecular weight is 236 g/mol. The first-order valence-corrected chi connectivity index (χ1v) is 6.38. The summed E-state index contributed by atoms with van der Waals surface area (Å²) in [7, 11) is 0. The van der Waals surface area contributed by atoms with Gasteiger partial charge >= 0.3 is 0 Å². The molecule has 0 saturated carbocycles. The first-order chi connectivity index (χ1) is 8.22. The minimum atomic E-state index is 0.558. The molecular formula is C14H24N2O. The highest BCUT2D eigenvalue weighted by Gasteiger charge is 1.95. The van der Waals surface area contributed by atoms with Crippen molar-refractivity contribution >= 4 is 0 Å². The molecule has 0 saturated heterocycles. The summed E-state index contributed by atoms with van der Waals surface area (Å²) < 4.78 is 5.40. The molecule has 2 N–H and O–H groups in total. The molecule has 0 amide bonds. The van der Waals surface area contributed by atoms with Crippen LogP contribution in [-0.2, 0) is 6.54 Å². The Morgan fingerprint density at radius 3 is 2.41 bits per heavy atom. The van der Waals surface area contributed by atoms with Gasteiger partial charge in [0.2, 0.25) is 0 Å². The van der Waals surface area contributed by atoms with Gasteiger partial charge in [0, 0.05) is 25.7 Å². The third kappa shape index (κ3) is 6.29. The Morgan fingerprint density at radius 2 is 1.82 bits per heavy atom. The second-order valence-electron chi connectivity index (χ2n) is 4.36. The molecule has 0 bridgehead atoms. The van der Waals surface area contributed by atoms with E-state index in [9.17, 15) is 0 Å². The molecule has 0 atom stereocenters. The summed E-state index contributed by atoms with van der Waals surface area (Å²) in [6.45, 7) is 9.95. The summed E-state index contributed by atoms with van der Waals surface area (Å²) in [6, 6.07) is 8.81. The minimum absolute atomic E-state index is 0.558. The van der Waals surface area contributed by atoms with Crippen molar-refractivity contribution < 1.29 is 4.74 Å². The zero-order chi connectivity index (χ0) is 12.5. The molecule has 0 aliphatic rings. The maximum atomic E-state index is 5.40. The molecule has 3 nitrogen and oxygen atoms in total. The van der Waals surface area contributed by atoms with E-state index in [0.717, 1.165) is 32.0 Å². The summed E-state index contributed by atoms with van der Waals surface area (Å²) in [6.07, 6.45) is 0. The molecule has 0 aliphatic heterocycles. The van der Waals surface area contributed by atoms with Crippen LogP contribution < -0.4 is 15.4 Å². The highest BCUT2D eigenvalue weighted by Crippen LogP contribution is 2.11. The molecule has 96 valence electrons. The normalized spacial score (nSPS) is 10.8. The summed E-state index contributed by atoms with van der Waals surface area (Å²) in [5, 5.41) is 6.78. The highest BCUT2D eigenvalue weighted by atomic mass is 16.5. The van der Waals surface area contributed by atoms with Gasteiger partial charge in [0.15, 0.2) is 0 Å². The Hall–Kier alpha value is -1.06. The van der Waals surface area contributed by atoms with Gasteiger partial charge in [-0.2, -0.15) is 0 Å².